The number of hydrogen-bond donors (Lipinski definition) is 2. The van der Waals surface area contributed by atoms with Crippen LogP contribution in [-0.4, -0.2) is 37.2 Å². The second-order valence-electron chi connectivity index (χ2n) is 6.61. The molecule has 2 heterocycles. The SMILES string of the molecule is O=C(Nc1ccccc1N1CCOCC1)c1ccnc(Nc2ccccc2F)c1. The predicted octanol–water partition coefficient (Wildman–Crippen LogP) is 4.05. The molecule has 1 aliphatic heterocycles. The van der Waals surface area contributed by atoms with Gasteiger partial charge >= 0.3 is 0 Å². The molecule has 3 aromatic rings. The molecule has 1 aliphatic rings. The standard InChI is InChI=1S/C22H21FN4O2/c23-17-5-1-2-6-18(17)25-21-15-16(9-10-24-21)22(28)26-19-7-3-4-8-20(19)27-11-13-29-14-12-27/h1-10,15H,11-14H2,(H,24,25)(H,26,28). The third-order valence-electron chi connectivity index (χ3n) is 4.66. The van der Waals surface area contributed by atoms with Crippen LogP contribution >= 0.6 is 0 Å². The minimum atomic E-state index is -0.386. The number of anilines is 4. The van der Waals surface area contributed by atoms with Crippen molar-refractivity contribution >= 4 is 28.8 Å². The molecule has 148 valence electrons. The fourth-order valence-corrected chi connectivity index (χ4v) is 3.19. The predicted molar refractivity (Wildman–Crippen MR) is 111 cm³/mol. The van der Waals surface area contributed by atoms with Gasteiger partial charge in [0.1, 0.15) is 11.6 Å². The first kappa shape index (κ1) is 18.9. The summed E-state index contributed by atoms with van der Waals surface area (Å²) in [5.74, 6) is -0.252. The summed E-state index contributed by atoms with van der Waals surface area (Å²) in [5, 5.41) is 5.88. The monoisotopic (exact) mass is 392 g/mol. The Hall–Kier alpha value is -3.45. The molecule has 0 unspecified atom stereocenters. The van der Waals surface area contributed by atoms with Gasteiger partial charge in [-0.25, -0.2) is 9.37 Å². The van der Waals surface area contributed by atoms with Crippen LogP contribution in [0, 0.1) is 5.82 Å². The average Bonchev–Trinajstić information content (AvgIpc) is 2.76. The van der Waals surface area contributed by atoms with Gasteiger partial charge in [-0.05, 0) is 36.4 Å². The molecule has 0 radical (unpaired) electrons. The lowest BCUT2D eigenvalue weighted by Crippen LogP contribution is -2.36. The molecule has 1 fully saturated rings. The third kappa shape index (κ3) is 4.52. The Bertz CT molecular complexity index is 1010. The highest BCUT2D eigenvalue weighted by Gasteiger charge is 2.16. The summed E-state index contributed by atoms with van der Waals surface area (Å²) >= 11 is 0. The zero-order valence-corrected chi connectivity index (χ0v) is 15.8. The maximum atomic E-state index is 13.9. The molecule has 0 atom stereocenters. The number of carbonyl (C=O) groups excluding carboxylic acids is 1. The van der Waals surface area contributed by atoms with E-state index in [4.69, 9.17) is 4.74 Å². The van der Waals surface area contributed by atoms with E-state index in [0.717, 1.165) is 24.5 Å². The normalized spacial score (nSPS) is 13.8. The first-order valence-electron chi connectivity index (χ1n) is 9.41. The molecule has 1 aromatic heterocycles. The summed E-state index contributed by atoms with van der Waals surface area (Å²) in [6, 6.07) is 17.2. The van der Waals surface area contributed by atoms with Crippen molar-refractivity contribution in [3.05, 3.63) is 78.2 Å². The highest BCUT2D eigenvalue weighted by Crippen LogP contribution is 2.27. The van der Waals surface area contributed by atoms with Crippen LogP contribution in [-0.2, 0) is 4.74 Å². The van der Waals surface area contributed by atoms with Crippen molar-refractivity contribution in [2.24, 2.45) is 0 Å². The van der Waals surface area contributed by atoms with Crippen molar-refractivity contribution in [3.8, 4) is 0 Å². The smallest absolute Gasteiger partial charge is 0.255 e. The maximum absolute atomic E-state index is 13.9. The number of benzene rings is 2. The van der Waals surface area contributed by atoms with E-state index in [1.807, 2.05) is 24.3 Å². The molecule has 6 nitrogen and oxygen atoms in total. The van der Waals surface area contributed by atoms with Gasteiger partial charge in [-0.2, -0.15) is 0 Å². The van der Waals surface area contributed by atoms with Crippen molar-refractivity contribution in [1.29, 1.82) is 0 Å². The van der Waals surface area contributed by atoms with Gasteiger partial charge in [-0.1, -0.05) is 24.3 Å². The molecule has 2 N–H and O–H groups in total. The molecule has 1 saturated heterocycles. The fourth-order valence-electron chi connectivity index (χ4n) is 3.19. The third-order valence-corrected chi connectivity index (χ3v) is 4.66. The molecule has 0 bridgehead atoms. The molecular weight excluding hydrogens is 371 g/mol. The number of amides is 1. The second kappa shape index (κ2) is 8.70. The first-order valence-corrected chi connectivity index (χ1v) is 9.41. The number of carbonyl (C=O) groups is 1. The minimum Gasteiger partial charge on any atom is -0.378 e. The maximum Gasteiger partial charge on any atom is 0.255 e. The van der Waals surface area contributed by atoms with Gasteiger partial charge in [0.05, 0.1) is 30.3 Å². The molecule has 29 heavy (non-hydrogen) atoms. The van der Waals surface area contributed by atoms with Crippen LogP contribution in [0.4, 0.5) is 27.3 Å². The van der Waals surface area contributed by atoms with Crippen molar-refractivity contribution < 1.29 is 13.9 Å². The van der Waals surface area contributed by atoms with Gasteiger partial charge in [-0.15, -0.1) is 0 Å². The number of aromatic nitrogens is 1. The summed E-state index contributed by atoms with van der Waals surface area (Å²) in [6.45, 7) is 2.88. The van der Waals surface area contributed by atoms with Crippen molar-refractivity contribution in [2.75, 3.05) is 41.8 Å². The van der Waals surface area contributed by atoms with Crippen LogP contribution in [0.2, 0.25) is 0 Å². The number of halogens is 1. The lowest BCUT2D eigenvalue weighted by atomic mass is 10.2. The topological polar surface area (TPSA) is 66.5 Å². The van der Waals surface area contributed by atoms with E-state index >= 15 is 0 Å². The Kier molecular flexibility index (Phi) is 5.67. The lowest BCUT2D eigenvalue weighted by molar-refractivity contribution is 0.102. The highest BCUT2D eigenvalue weighted by molar-refractivity contribution is 6.06. The fraction of sp³-hybridized carbons (Fsp3) is 0.182. The minimum absolute atomic E-state index is 0.260. The number of pyridine rings is 1. The summed E-state index contributed by atoms with van der Waals surface area (Å²) < 4.78 is 19.3. The van der Waals surface area contributed by atoms with Crippen LogP contribution in [0.1, 0.15) is 10.4 Å². The van der Waals surface area contributed by atoms with Crippen molar-refractivity contribution in [1.82, 2.24) is 4.98 Å². The molecule has 0 saturated carbocycles. The lowest BCUT2D eigenvalue weighted by Gasteiger charge is -2.30. The average molecular weight is 392 g/mol. The molecule has 4 rings (SSSR count). The van der Waals surface area contributed by atoms with Gasteiger partial charge < -0.3 is 20.3 Å². The number of nitrogens with one attached hydrogen (secondary N) is 2. The highest BCUT2D eigenvalue weighted by atomic mass is 19.1. The van der Waals surface area contributed by atoms with E-state index in [2.05, 4.69) is 20.5 Å². The molecule has 0 spiro atoms. The van der Waals surface area contributed by atoms with Crippen LogP contribution in [0.5, 0.6) is 0 Å². The molecule has 1 amide bonds. The number of para-hydroxylation sites is 3. The molecule has 7 heteroatoms. The number of morpholine rings is 1. The van der Waals surface area contributed by atoms with Gasteiger partial charge in [0.15, 0.2) is 0 Å². The number of ether oxygens (including phenoxy) is 1. The Morgan fingerprint density at radius 2 is 1.72 bits per heavy atom. The van der Waals surface area contributed by atoms with Crippen molar-refractivity contribution in [3.63, 3.8) is 0 Å². The molecular formula is C22H21FN4O2. The second-order valence-corrected chi connectivity index (χ2v) is 6.61. The first-order chi connectivity index (χ1) is 14.2. The van der Waals surface area contributed by atoms with Crippen LogP contribution in [0.3, 0.4) is 0 Å². The zero-order chi connectivity index (χ0) is 20.1. The van der Waals surface area contributed by atoms with E-state index < -0.39 is 0 Å². The van der Waals surface area contributed by atoms with Gasteiger partial charge in [-0.3, -0.25) is 4.79 Å². The summed E-state index contributed by atoms with van der Waals surface area (Å²) in [7, 11) is 0. The van der Waals surface area contributed by atoms with Gasteiger partial charge in [0.25, 0.3) is 5.91 Å². The zero-order valence-electron chi connectivity index (χ0n) is 15.8. The quantitative estimate of drug-likeness (QED) is 0.686. The Balaban J connectivity index is 1.52. The Morgan fingerprint density at radius 1 is 1.00 bits per heavy atom. The van der Waals surface area contributed by atoms with E-state index in [9.17, 15) is 9.18 Å². The Labute approximate surface area is 168 Å². The molecule has 2 aromatic carbocycles. The van der Waals surface area contributed by atoms with E-state index in [1.165, 1.54) is 12.3 Å². The van der Waals surface area contributed by atoms with Crippen LogP contribution in [0.15, 0.2) is 66.9 Å². The van der Waals surface area contributed by atoms with Crippen molar-refractivity contribution in [2.45, 2.75) is 0 Å². The van der Waals surface area contributed by atoms with Crippen LogP contribution < -0.4 is 15.5 Å². The number of rotatable bonds is 5. The summed E-state index contributed by atoms with van der Waals surface area (Å²) in [6.07, 6.45) is 1.52. The van der Waals surface area contributed by atoms with Gasteiger partial charge in [0, 0.05) is 24.8 Å². The van der Waals surface area contributed by atoms with Gasteiger partial charge in [0.2, 0.25) is 0 Å². The Morgan fingerprint density at radius 3 is 2.52 bits per heavy atom. The van der Waals surface area contributed by atoms with Crippen LogP contribution in [0.25, 0.3) is 0 Å². The summed E-state index contributed by atoms with van der Waals surface area (Å²) in [5.41, 5.74) is 2.42. The van der Waals surface area contributed by atoms with E-state index in [-0.39, 0.29) is 11.7 Å². The number of nitrogens with zero attached hydrogens (tertiary/aromatic N) is 2. The molecule has 0 aliphatic carbocycles. The summed E-state index contributed by atoms with van der Waals surface area (Å²) in [4.78, 5) is 19.2. The van der Waals surface area contributed by atoms with E-state index in [1.54, 1.807) is 30.3 Å². The largest absolute Gasteiger partial charge is 0.378 e. The number of hydrogen-bond acceptors (Lipinski definition) is 5. The van der Waals surface area contributed by atoms with E-state index in [0.29, 0.717) is 30.3 Å².